The molecule has 1 N–H and O–H groups in total. The fraction of sp³-hybridized carbons (Fsp3) is 0.538. The highest BCUT2D eigenvalue weighted by atomic mass is 32.2. The smallest absolute Gasteiger partial charge is 0.282 e. The minimum atomic E-state index is -4.14. The van der Waals surface area contributed by atoms with Crippen molar-refractivity contribution in [2.24, 2.45) is 0 Å². The molecule has 1 aromatic carbocycles. The summed E-state index contributed by atoms with van der Waals surface area (Å²) in [6.07, 6.45) is 2.00. The van der Waals surface area contributed by atoms with Crippen molar-refractivity contribution < 1.29 is 13.0 Å². The van der Waals surface area contributed by atoms with Gasteiger partial charge < -0.3 is 0 Å². The number of hydrogen-bond donors (Lipinski definition) is 1. The van der Waals surface area contributed by atoms with E-state index in [0.29, 0.717) is 18.4 Å². The molecule has 0 saturated heterocycles. The summed E-state index contributed by atoms with van der Waals surface area (Å²) in [5.74, 6) is 0. The average Bonchev–Trinajstić information content (AvgIpc) is 2.25. The van der Waals surface area contributed by atoms with Gasteiger partial charge in [0.05, 0.1) is 0 Å². The summed E-state index contributed by atoms with van der Waals surface area (Å²) in [5, 5.41) is 0. The summed E-state index contributed by atoms with van der Waals surface area (Å²) in [5.41, 5.74) is 3.62. The molecule has 0 atom stereocenters. The predicted molar refractivity (Wildman–Crippen MR) is 69.1 cm³/mol. The first-order valence-corrected chi connectivity index (χ1v) is 7.42. The molecule has 0 unspecified atom stereocenters. The van der Waals surface area contributed by atoms with Gasteiger partial charge in [-0.2, -0.15) is 8.42 Å². The Balaban J connectivity index is 3.76. The normalized spacial score (nSPS) is 11.8. The summed E-state index contributed by atoms with van der Waals surface area (Å²) in [4.78, 5) is 0.130. The van der Waals surface area contributed by atoms with Gasteiger partial charge in [-0.15, -0.1) is 0 Å². The Morgan fingerprint density at radius 1 is 1.06 bits per heavy atom. The van der Waals surface area contributed by atoms with Crippen molar-refractivity contribution >= 4 is 10.1 Å². The second kappa shape index (κ2) is 5.19. The lowest BCUT2D eigenvalue weighted by Crippen LogP contribution is -2.11. The van der Waals surface area contributed by atoms with Crippen LogP contribution in [0.4, 0.5) is 0 Å². The zero-order valence-electron chi connectivity index (χ0n) is 10.9. The van der Waals surface area contributed by atoms with Gasteiger partial charge in [0.25, 0.3) is 10.1 Å². The van der Waals surface area contributed by atoms with E-state index in [1.165, 1.54) is 0 Å². The quantitative estimate of drug-likeness (QED) is 0.843. The maximum absolute atomic E-state index is 11.5. The van der Waals surface area contributed by atoms with Crippen LogP contribution < -0.4 is 0 Å². The highest BCUT2D eigenvalue weighted by Crippen LogP contribution is 2.28. The van der Waals surface area contributed by atoms with E-state index in [4.69, 9.17) is 0 Å². The molecule has 96 valence electrons. The highest BCUT2D eigenvalue weighted by molar-refractivity contribution is 7.86. The highest BCUT2D eigenvalue weighted by Gasteiger charge is 2.22. The van der Waals surface area contributed by atoms with Crippen LogP contribution in [0.3, 0.4) is 0 Å². The molecule has 3 nitrogen and oxygen atoms in total. The van der Waals surface area contributed by atoms with Gasteiger partial charge >= 0.3 is 0 Å². The fourth-order valence-electron chi connectivity index (χ4n) is 2.43. The van der Waals surface area contributed by atoms with Crippen molar-refractivity contribution in [1.82, 2.24) is 0 Å². The monoisotopic (exact) mass is 256 g/mol. The van der Waals surface area contributed by atoms with Crippen molar-refractivity contribution in [3.63, 3.8) is 0 Å². The molecule has 0 spiro atoms. The Labute approximate surface area is 104 Å². The van der Waals surface area contributed by atoms with Gasteiger partial charge in [-0.3, -0.25) is 4.55 Å². The van der Waals surface area contributed by atoms with Gasteiger partial charge in [-0.1, -0.05) is 26.8 Å². The minimum Gasteiger partial charge on any atom is -0.282 e. The van der Waals surface area contributed by atoms with Crippen LogP contribution in [-0.4, -0.2) is 13.0 Å². The first-order valence-electron chi connectivity index (χ1n) is 5.98. The van der Waals surface area contributed by atoms with E-state index in [2.05, 4.69) is 0 Å². The van der Waals surface area contributed by atoms with Crippen LogP contribution in [0.1, 0.15) is 43.0 Å². The summed E-state index contributed by atoms with van der Waals surface area (Å²) in [7, 11) is -4.14. The lowest BCUT2D eigenvalue weighted by molar-refractivity contribution is 0.481. The molecule has 0 bridgehead atoms. The predicted octanol–water partition coefficient (Wildman–Crippen LogP) is 2.93. The Bertz CT molecular complexity index is 516. The lowest BCUT2D eigenvalue weighted by atomic mass is 9.94. The summed E-state index contributed by atoms with van der Waals surface area (Å²) < 4.78 is 32.5. The van der Waals surface area contributed by atoms with Crippen molar-refractivity contribution in [1.29, 1.82) is 0 Å². The van der Waals surface area contributed by atoms with Gasteiger partial charge in [-0.05, 0) is 48.4 Å². The third-order valence-corrected chi connectivity index (χ3v) is 4.17. The molecule has 1 rings (SSSR count). The van der Waals surface area contributed by atoms with E-state index in [0.717, 1.165) is 23.1 Å². The summed E-state index contributed by atoms with van der Waals surface area (Å²) in [6.45, 7) is 7.81. The Kier molecular flexibility index (Phi) is 4.33. The number of benzene rings is 1. The average molecular weight is 256 g/mol. The molecule has 0 aliphatic heterocycles. The van der Waals surface area contributed by atoms with E-state index in [1.54, 1.807) is 0 Å². The van der Waals surface area contributed by atoms with E-state index >= 15 is 0 Å². The summed E-state index contributed by atoms with van der Waals surface area (Å²) in [6, 6.07) is 1.88. The molecular formula is C13H20O3S. The van der Waals surface area contributed by atoms with Gasteiger partial charge in [-0.25, -0.2) is 0 Å². The van der Waals surface area contributed by atoms with Gasteiger partial charge in [0.2, 0.25) is 0 Å². The molecule has 0 aromatic heterocycles. The number of rotatable bonds is 4. The molecule has 0 saturated carbocycles. The fourth-order valence-corrected chi connectivity index (χ4v) is 3.55. The summed E-state index contributed by atoms with van der Waals surface area (Å²) >= 11 is 0. The third kappa shape index (κ3) is 2.69. The van der Waals surface area contributed by atoms with Crippen molar-refractivity contribution in [2.75, 3.05) is 0 Å². The second-order valence-electron chi connectivity index (χ2n) is 4.17. The topological polar surface area (TPSA) is 54.4 Å². The van der Waals surface area contributed by atoms with Gasteiger partial charge in [0.15, 0.2) is 0 Å². The molecule has 0 aliphatic carbocycles. The molecular weight excluding hydrogens is 236 g/mol. The number of aryl methyl sites for hydroxylation is 2. The van der Waals surface area contributed by atoms with E-state index in [1.807, 2.05) is 33.8 Å². The molecule has 4 heteroatoms. The van der Waals surface area contributed by atoms with E-state index < -0.39 is 10.1 Å². The molecule has 0 fully saturated rings. The van der Waals surface area contributed by atoms with Gasteiger partial charge in [0, 0.05) is 0 Å². The second-order valence-corrected chi connectivity index (χ2v) is 5.53. The van der Waals surface area contributed by atoms with Crippen LogP contribution in [0, 0.1) is 6.92 Å². The van der Waals surface area contributed by atoms with E-state index in [-0.39, 0.29) is 4.90 Å². The maximum atomic E-state index is 11.5. The van der Waals surface area contributed by atoms with E-state index in [9.17, 15) is 13.0 Å². The van der Waals surface area contributed by atoms with Crippen molar-refractivity contribution in [2.45, 2.75) is 51.9 Å². The Hall–Kier alpha value is -0.870. The molecule has 17 heavy (non-hydrogen) atoms. The largest absolute Gasteiger partial charge is 0.295 e. The van der Waals surface area contributed by atoms with Gasteiger partial charge in [0.1, 0.15) is 4.90 Å². The molecule has 0 aliphatic rings. The molecule has 0 radical (unpaired) electrons. The maximum Gasteiger partial charge on any atom is 0.295 e. The first kappa shape index (κ1) is 14.2. The van der Waals surface area contributed by atoms with Crippen molar-refractivity contribution in [3.8, 4) is 0 Å². The van der Waals surface area contributed by atoms with Crippen LogP contribution in [0.5, 0.6) is 0 Å². The minimum absolute atomic E-state index is 0.130. The molecule has 0 heterocycles. The van der Waals surface area contributed by atoms with Crippen LogP contribution in [0.25, 0.3) is 0 Å². The van der Waals surface area contributed by atoms with Crippen LogP contribution in [0.15, 0.2) is 11.0 Å². The zero-order valence-corrected chi connectivity index (χ0v) is 11.7. The Morgan fingerprint density at radius 3 is 1.94 bits per heavy atom. The van der Waals surface area contributed by atoms with Crippen molar-refractivity contribution in [3.05, 3.63) is 28.3 Å². The standard InChI is InChI=1S/C13H20O3S/c1-5-10-8-9(4)11(6-2)12(7-3)13(10)17(14,15)16/h8H,5-7H2,1-4H3,(H,14,15,16). The Morgan fingerprint density at radius 2 is 1.59 bits per heavy atom. The van der Waals surface area contributed by atoms with Crippen LogP contribution >= 0.6 is 0 Å². The molecule has 0 amide bonds. The zero-order chi connectivity index (χ0) is 13.2. The van der Waals surface area contributed by atoms with Crippen LogP contribution in [-0.2, 0) is 29.4 Å². The van der Waals surface area contributed by atoms with Crippen LogP contribution in [0.2, 0.25) is 0 Å². The SMILES string of the molecule is CCc1cc(C)c(CC)c(CC)c1S(=O)(=O)O. The number of hydrogen-bond acceptors (Lipinski definition) is 2. The first-order chi connectivity index (χ1) is 7.86. The molecule has 1 aromatic rings. The third-order valence-electron chi connectivity index (χ3n) is 3.14. The lowest BCUT2D eigenvalue weighted by Gasteiger charge is -2.17.